The predicted molar refractivity (Wildman–Crippen MR) is 133 cm³/mol. The van der Waals surface area contributed by atoms with E-state index < -0.39 is 11.1 Å². The Hall–Kier alpha value is -3.64. The summed E-state index contributed by atoms with van der Waals surface area (Å²) in [6, 6.07) is 11.0. The highest BCUT2D eigenvalue weighted by Gasteiger charge is 2.27. The number of carbonyl (C=O) groups excluding carboxylic acids is 3. The number of carbonyl (C=O) groups is 3. The number of hydrogen-bond acceptors (Lipinski definition) is 9. The van der Waals surface area contributed by atoms with Crippen LogP contribution in [0.5, 0.6) is 0 Å². The van der Waals surface area contributed by atoms with Crippen molar-refractivity contribution >= 4 is 52.5 Å². The zero-order valence-electron chi connectivity index (χ0n) is 19.0. The number of morpholine rings is 1. The van der Waals surface area contributed by atoms with Gasteiger partial charge in [0.1, 0.15) is 5.82 Å². The van der Waals surface area contributed by atoms with Crippen molar-refractivity contribution < 1.29 is 19.1 Å². The Labute approximate surface area is 206 Å². The van der Waals surface area contributed by atoms with Gasteiger partial charge in [0.2, 0.25) is 5.95 Å². The molecular weight excluding hydrogens is 470 g/mol. The third kappa shape index (κ3) is 5.54. The fraction of sp³-hybridized carbons (Fsp3) is 0.348. The minimum atomic E-state index is -0.425. The summed E-state index contributed by atoms with van der Waals surface area (Å²) >= 11 is 0.858. The number of benzene rings is 1. The van der Waals surface area contributed by atoms with E-state index >= 15 is 0 Å². The van der Waals surface area contributed by atoms with E-state index in [1.807, 2.05) is 41.3 Å². The monoisotopic (exact) mass is 495 g/mol. The van der Waals surface area contributed by atoms with Gasteiger partial charge in [-0.2, -0.15) is 4.98 Å². The van der Waals surface area contributed by atoms with Crippen molar-refractivity contribution in [2.24, 2.45) is 0 Å². The van der Waals surface area contributed by atoms with Gasteiger partial charge in [0.15, 0.2) is 0 Å². The number of anilines is 3. The molecule has 3 aliphatic rings. The maximum absolute atomic E-state index is 12.6. The first kappa shape index (κ1) is 23.1. The number of hydrogen-bond donors (Lipinski definition) is 2. The highest BCUT2D eigenvalue weighted by Crippen LogP contribution is 2.27. The zero-order chi connectivity index (χ0) is 24.2. The van der Waals surface area contributed by atoms with Gasteiger partial charge in [-0.25, -0.2) is 9.78 Å². The molecule has 0 saturated carbocycles. The lowest BCUT2D eigenvalue weighted by Crippen LogP contribution is -2.50. The number of rotatable bonds is 4. The lowest BCUT2D eigenvalue weighted by atomic mass is 10.3. The standard InChI is InChI=1S/C23H25N7O4S/c31-20-18(35-23(33)27-20)14-17-15-19(28-10-12-34-13-11-28)26-21(24-17)29-6-8-30(9-7-29)22(32)25-16-4-2-1-3-5-16/h1-5,14-15H,6-13H2,(H,25,32)(H,27,31,33)/b18-14-. The summed E-state index contributed by atoms with van der Waals surface area (Å²) in [7, 11) is 0. The highest BCUT2D eigenvalue weighted by molar-refractivity contribution is 8.18. The quantitative estimate of drug-likeness (QED) is 0.614. The van der Waals surface area contributed by atoms with E-state index in [9.17, 15) is 14.4 Å². The van der Waals surface area contributed by atoms with Crippen molar-refractivity contribution in [3.05, 3.63) is 47.0 Å². The summed E-state index contributed by atoms with van der Waals surface area (Å²) in [6.45, 7) is 4.80. The predicted octanol–water partition coefficient (Wildman–Crippen LogP) is 1.99. The van der Waals surface area contributed by atoms with Gasteiger partial charge in [0.05, 0.1) is 23.8 Å². The van der Waals surface area contributed by atoms with Crippen LogP contribution < -0.4 is 20.4 Å². The van der Waals surface area contributed by atoms with Crippen LogP contribution in [0.25, 0.3) is 6.08 Å². The molecule has 182 valence electrons. The molecule has 0 atom stereocenters. The van der Waals surface area contributed by atoms with Gasteiger partial charge < -0.3 is 24.8 Å². The fourth-order valence-electron chi connectivity index (χ4n) is 4.00. The van der Waals surface area contributed by atoms with Crippen molar-refractivity contribution in [2.75, 3.05) is 67.6 Å². The molecule has 2 aromatic rings. The number of nitrogens with one attached hydrogen (secondary N) is 2. The first-order valence-electron chi connectivity index (χ1n) is 11.4. The SMILES string of the molecule is O=C1NC(=O)/C(=C/c2cc(N3CCOCC3)nc(N3CCN(C(=O)Nc4ccccc4)CC3)n2)S1. The van der Waals surface area contributed by atoms with Crippen molar-refractivity contribution in [3.8, 4) is 0 Å². The Morgan fingerprint density at radius 1 is 1.00 bits per heavy atom. The summed E-state index contributed by atoms with van der Waals surface area (Å²) in [5, 5.41) is 4.79. The van der Waals surface area contributed by atoms with Crippen LogP contribution in [-0.4, -0.2) is 84.5 Å². The largest absolute Gasteiger partial charge is 0.378 e. The number of ether oxygens (including phenoxy) is 1. The first-order valence-corrected chi connectivity index (χ1v) is 12.2. The lowest BCUT2D eigenvalue weighted by Gasteiger charge is -2.35. The van der Waals surface area contributed by atoms with Gasteiger partial charge in [0, 0.05) is 51.0 Å². The Bertz CT molecular complexity index is 1150. The number of thioether (sulfide) groups is 1. The maximum atomic E-state index is 12.6. The van der Waals surface area contributed by atoms with Crippen LogP contribution in [0.15, 0.2) is 41.3 Å². The van der Waals surface area contributed by atoms with E-state index in [0.29, 0.717) is 69.0 Å². The number of imide groups is 1. The second kappa shape index (κ2) is 10.3. The molecule has 0 bridgehead atoms. The molecular formula is C23H25N7O4S. The smallest absolute Gasteiger partial charge is 0.321 e. The normalized spacial score (nSPS) is 19.8. The lowest BCUT2D eigenvalue weighted by molar-refractivity contribution is -0.115. The van der Waals surface area contributed by atoms with Crippen LogP contribution in [0, 0.1) is 0 Å². The van der Waals surface area contributed by atoms with Gasteiger partial charge in [-0.15, -0.1) is 0 Å². The number of piperazine rings is 1. The molecule has 3 fully saturated rings. The van der Waals surface area contributed by atoms with Gasteiger partial charge in [-0.3, -0.25) is 14.9 Å². The molecule has 5 rings (SSSR count). The van der Waals surface area contributed by atoms with Crippen LogP contribution in [0.3, 0.4) is 0 Å². The van der Waals surface area contributed by atoms with E-state index in [-0.39, 0.29) is 6.03 Å². The minimum absolute atomic E-state index is 0.141. The number of urea groups is 1. The Morgan fingerprint density at radius 3 is 2.43 bits per heavy atom. The van der Waals surface area contributed by atoms with Crippen LogP contribution in [0.1, 0.15) is 5.69 Å². The van der Waals surface area contributed by atoms with Crippen LogP contribution in [0.4, 0.5) is 27.0 Å². The van der Waals surface area contributed by atoms with Crippen molar-refractivity contribution in [2.45, 2.75) is 0 Å². The van der Waals surface area contributed by atoms with Gasteiger partial charge in [-0.1, -0.05) is 18.2 Å². The van der Waals surface area contributed by atoms with E-state index in [1.54, 1.807) is 11.0 Å². The van der Waals surface area contributed by atoms with Gasteiger partial charge >= 0.3 is 6.03 Å². The van der Waals surface area contributed by atoms with E-state index in [4.69, 9.17) is 9.72 Å². The first-order chi connectivity index (χ1) is 17.0. The summed E-state index contributed by atoms with van der Waals surface area (Å²) in [6.07, 6.45) is 1.61. The topological polar surface area (TPSA) is 120 Å². The molecule has 1 aromatic carbocycles. The van der Waals surface area contributed by atoms with E-state index in [1.165, 1.54) is 0 Å². The Kier molecular flexibility index (Phi) is 6.82. The van der Waals surface area contributed by atoms with E-state index in [2.05, 4.69) is 20.5 Å². The van der Waals surface area contributed by atoms with Crippen LogP contribution >= 0.6 is 11.8 Å². The molecule has 2 N–H and O–H groups in total. The summed E-state index contributed by atoms with van der Waals surface area (Å²) < 4.78 is 5.46. The Balaban J connectivity index is 1.33. The summed E-state index contributed by atoms with van der Waals surface area (Å²) in [5.74, 6) is 0.842. The molecule has 3 aliphatic heterocycles. The molecule has 3 saturated heterocycles. The molecule has 35 heavy (non-hydrogen) atoms. The highest BCUT2D eigenvalue weighted by atomic mass is 32.2. The number of aromatic nitrogens is 2. The van der Waals surface area contributed by atoms with Gasteiger partial charge in [-0.05, 0) is 30.0 Å². The fourth-order valence-corrected chi connectivity index (χ4v) is 4.67. The van der Waals surface area contributed by atoms with Gasteiger partial charge in [0.25, 0.3) is 11.1 Å². The van der Waals surface area contributed by atoms with Crippen molar-refractivity contribution in [1.29, 1.82) is 0 Å². The summed E-state index contributed by atoms with van der Waals surface area (Å²) in [5.41, 5.74) is 1.31. The van der Waals surface area contributed by atoms with E-state index in [0.717, 1.165) is 23.3 Å². The average Bonchev–Trinajstić information content (AvgIpc) is 3.21. The molecule has 12 heteroatoms. The zero-order valence-corrected chi connectivity index (χ0v) is 19.8. The second-order valence-corrected chi connectivity index (χ2v) is 9.19. The molecule has 0 unspecified atom stereocenters. The third-order valence-corrected chi connectivity index (χ3v) is 6.66. The van der Waals surface area contributed by atoms with Crippen molar-refractivity contribution in [3.63, 3.8) is 0 Å². The minimum Gasteiger partial charge on any atom is -0.378 e. The van der Waals surface area contributed by atoms with Crippen molar-refractivity contribution in [1.82, 2.24) is 20.2 Å². The number of amides is 4. The average molecular weight is 496 g/mol. The molecule has 0 radical (unpaired) electrons. The number of para-hydroxylation sites is 1. The second-order valence-electron chi connectivity index (χ2n) is 8.17. The van der Waals surface area contributed by atoms with Crippen LogP contribution in [-0.2, 0) is 9.53 Å². The maximum Gasteiger partial charge on any atom is 0.321 e. The molecule has 11 nitrogen and oxygen atoms in total. The molecule has 0 aliphatic carbocycles. The Morgan fingerprint density at radius 2 is 1.74 bits per heavy atom. The molecule has 0 spiro atoms. The molecule has 4 amide bonds. The van der Waals surface area contributed by atoms with Crippen LogP contribution in [0.2, 0.25) is 0 Å². The summed E-state index contributed by atoms with van der Waals surface area (Å²) in [4.78, 5) is 51.9. The number of nitrogens with zero attached hydrogens (tertiary/aromatic N) is 5. The third-order valence-electron chi connectivity index (χ3n) is 5.85. The molecule has 1 aromatic heterocycles. The molecule has 4 heterocycles.